The van der Waals surface area contributed by atoms with Crippen LogP contribution >= 0.6 is 0 Å². The van der Waals surface area contributed by atoms with E-state index in [1.807, 2.05) is 43.3 Å². The van der Waals surface area contributed by atoms with E-state index in [-0.39, 0.29) is 11.4 Å². The summed E-state index contributed by atoms with van der Waals surface area (Å²) < 4.78 is 21.8. The number of hydrogen-bond donors (Lipinski definition) is 1. The van der Waals surface area contributed by atoms with Crippen LogP contribution in [-0.2, 0) is 16.1 Å². The van der Waals surface area contributed by atoms with Crippen molar-refractivity contribution in [2.75, 3.05) is 37.0 Å². The molecule has 6 nitrogen and oxygen atoms in total. The Bertz CT molecular complexity index is 1170. The van der Waals surface area contributed by atoms with Crippen molar-refractivity contribution in [2.45, 2.75) is 32.7 Å². The van der Waals surface area contributed by atoms with Gasteiger partial charge in [0.2, 0.25) is 0 Å². The molecule has 0 bridgehead atoms. The van der Waals surface area contributed by atoms with Crippen molar-refractivity contribution in [3.8, 4) is 11.1 Å². The third-order valence-corrected chi connectivity index (χ3v) is 6.25. The number of benzene rings is 2. The normalized spacial score (nSPS) is 13.7. The Morgan fingerprint density at radius 3 is 2.44 bits per heavy atom. The van der Waals surface area contributed by atoms with Gasteiger partial charge in [-0.25, -0.2) is 4.39 Å². The smallest absolute Gasteiger partial charge is 0.298 e. The summed E-state index contributed by atoms with van der Waals surface area (Å²) in [6.45, 7) is 4.48. The summed E-state index contributed by atoms with van der Waals surface area (Å²) in [7, 11) is 1.58. The SMILES string of the molecule is COCCn1c(C)cc(-c2ccccc2)c1C(=O)C(=O)Nc1ccc(N2CCCCC2)cc1F. The molecule has 1 aliphatic rings. The van der Waals surface area contributed by atoms with Gasteiger partial charge in [-0.3, -0.25) is 9.59 Å². The van der Waals surface area contributed by atoms with Crippen molar-refractivity contribution in [3.05, 3.63) is 71.8 Å². The Hall–Kier alpha value is -3.45. The fraction of sp³-hybridized carbons (Fsp3) is 0.333. The lowest BCUT2D eigenvalue weighted by atomic mass is 10.0. The highest BCUT2D eigenvalue weighted by Gasteiger charge is 2.27. The first-order valence-corrected chi connectivity index (χ1v) is 11.6. The van der Waals surface area contributed by atoms with E-state index in [2.05, 4.69) is 10.2 Å². The van der Waals surface area contributed by atoms with Gasteiger partial charge >= 0.3 is 0 Å². The number of amides is 1. The molecule has 0 atom stereocenters. The lowest BCUT2D eigenvalue weighted by Gasteiger charge is -2.29. The Balaban J connectivity index is 1.60. The Morgan fingerprint density at radius 2 is 1.76 bits per heavy atom. The second-order valence-electron chi connectivity index (χ2n) is 8.55. The van der Waals surface area contributed by atoms with Crippen LogP contribution in [-0.4, -0.2) is 43.1 Å². The van der Waals surface area contributed by atoms with Crippen molar-refractivity contribution in [1.82, 2.24) is 4.57 Å². The molecule has 178 valence electrons. The second kappa shape index (κ2) is 10.7. The summed E-state index contributed by atoms with van der Waals surface area (Å²) in [5.74, 6) is -2.15. The van der Waals surface area contributed by atoms with Crippen molar-refractivity contribution < 1.29 is 18.7 Å². The zero-order valence-corrected chi connectivity index (χ0v) is 19.6. The second-order valence-corrected chi connectivity index (χ2v) is 8.55. The molecule has 0 saturated carbocycles. The topological polar surface area (TPSA) is 63.6 Å². The lowest BCUT2D eigenvalue weighted by molar-refractivity contribution is -0.112. The van der Waals surface area contributed by atoms with Crippen molar-refractivity contribution in [2.24, 2.45) is 0 Å². The van der Waals surface area contributed by atoms with Crippen LogP contribution in [0.15, 0.2) is 54.6 Å². The van der Waals surface area contributed by atoms with Gasteiger partial charge in [0.05, 0.1) is 12.3 Å². The molecule has 0 unspecified atom stereocenters. The first kappa shape index (κ1) is 23.7. The number of halogens is 1. The highest BCUT2D eigenvalue weighted by molar-refractivity contribution is 6.47. The number of ketones is 1. The third kappa shape index (κ3) is 5.04. The summed E-state index contributed by atoms with van der Waals surface area (Å²) in [4.78, 5) is 28.5. The summed E-state index contributed by atoms with van der Waals surface area (Å²) in [5.41, 5.74) is 3.38. The Kier molecular flexibility index (Phi) is 7.43. The quantitative estimate of drug-likeness (QED) is 0.375. The number of aromatic nitrogens is 1. The lowest BCUT2D eigenvalue weighted by Crippen LogP contribution is -2.29. The first-order chi connectivity index (χ1) is 16.5. The summed E-state index contributed by atoms with van der Waals surface area (Å²) in [6, 6.07) is 16.1. The van der Waals surface area contributed by atoms with Crippen LogP contribution < -0.4 is 10.2 Å². The molecule has 1 N–H and O–H groups in total. The van der Waals surface area contributed by atoms with Gasteiger partial charge in [-0.1, -0.05) is 30.3 Å². The molecule has 4 rings (SSSR count). The van der Waals surface area contributed by atoms with Crippen molar-refractivity contribution >= 4 is 23.1 Å². The zero-order valence-electron chi connectivity index (χ0n) is 19.6. The molecule has 0 spiro atoms. The van der Waals surface area contributed by atoms with Crippen molar-refractivity contribution in [1.29, 1.82) is 0 Å². The molecule has 2 aromatic carbocycles. The van der Waals surface area contributed by atoms with Crippen LogP contribution in [0.3, 0.4) is 0 Å². The predicted molar refractivity (Wildman–Crippen MR) is 132 cm³/mol. The molecule has 1 saturated heterocycles. The van der Waals surface area contributed by atoms with Crippen LogP contribution in [0.2, 0.25) is 0 Å². The van der Waals surface area contributed by atoms with E-state index >= 15 is 0 Å². The van der Waals surface area contributed by atoms with Gasteiger partial charge in [-0.05, 0) is 56.0 Å². The molecule has 1 fully saturated rings. The number of anilines is 2. The summed E-state index contributed by atoms with van der Waals surface area (Å²) >= 11 is 0. The number of methoxy groups -OCH3 is 1. The standard InChI is InChI=1S/C27H30FN3O3/c1-19-17-22(20-9-5-3-6-10-20)25(31(19)15-16-34-2)26(32)27(33)29-24-12-11-21(18-23(24)28)30-13-7-4-8-14-30/h3,5-6,9-12,17-18H,4,7-8,13-16H2,1-2H3,(H,29,33). The molecule has 0 aliphatic carbocycles. The molecule has 3 aromatic rings. The van der Waals surface area contributed by atoms with Crippen molar-refractivity contribution in [3.63, 3.8) is 0 Å². The first-order valence-electron chi connectivity index (χ1n) is 11.6. The molecule has 1 amide bonds. The number of nitrogens with one attached hydrogen (secondary N) is 1. The molecule has 2 heterocycles. The Morgan fingerprint density at radius 1 is 1.03 bits per heavy atom. The maximum Gasteiger partial charge on any atom is 0.298 e. The van der Waals surface area contributed by atoms with E-state index in [0.29, 0.717) is 18.7 Å². The van der Waals surface area contributed by atoms with Gasteiger partial charge in [0, 0.05) is 43.7 Å². The van der Waals surface area contributed by atoms with Gasteiger partial charge in [0.15, 0.2) is 0 Å². The molecule has 0 radical (unpaired) electrons. The third-order valence-electron chi connectivity index (χ3n) is 6.25. The minimum atomic E-state index is -0.876. The minimum Gasteiger partial charge on any atom is -0.383 e. The number of hydrogen-bond acceptors (Lipinski definition) is 4. The average molecular weight is 464 g/mol. The molecule has 1 aromatic heterocycles. The monoisotopic (exact) mass is 463 g/mol. The highest BCUT2D eigenvalue weighted by Crippen LogP contribution is 2.29. The largest absolute Gasteiger partial charge is 0.383 e. The van der Waals surface area contributed by atoms with Crippen LogP contribution in [0, 0.1) is 12.7 Å². The number of nitrogens with zero attached hydrogens (tertiary/aromatic N) is 2. The van der Waals surface area contributed by atoms with E-state index in [0.717, 1.165) is 42.9 Å². The molecule has 7 heteroatoms. The van der Waals surface area contributed by atoms with Gasteiger partial charge < -0.3 is 19.5 Å². The number of aryl methyl sites for hydroxylation is 1. The predicted octanol–water partition coefficient (Wildman–Crippen LogP) is 5.06. The van der Waals surface area contributed by atoms with E-state index in [1.165, 1.54) is 18.6 Å². The van der Waals surface area contributed by atoms with E-state index in [1.54, 1.807) is 17.7 Å². The fourth-order valence-corrected chi connectivity index (χ4v) is 4.47. The van der Waals surface area contributed by atoms with Gasteiger partial charge in [0.1, 0.15) is 11.5 Å². The summed E-state index contributed by atoms with van der Waals surface area (Å²) in [5, 5.41) is 2.48. The maximum absolute atomic E-state index is 14.9. The van der Waals surface area contributed by atoms with E-state index in [9.17, 15) is 14.0 Å². The van der Waals surface area contributed by atoms with Crippen LogP contribution in [0.25, 0.3) is 11.1 Å². The number of carbonyl (C=O) groups excluding carboxylic acids is 2. The number of Topliss-reactive ketones (excluding diaryl/α,β-unsaturated/α-hetero) is 1. The van der Waals surface area contributed by atoms with Crippen LogP contribution in [0.4, 0.5) is 15.8 Å². The van der Waals surface area contributed by atoms with Gasteiger partial charge in [-0.15, -0.1) is 0 Å². The van der Waals surface area contributed by atoms with Crippen LogP contribution in [0.1, 0.15) is 35.4 Å². The number of ether oxygens (including phenoxy) is 1. The average Bonchev–Trinajstić information content (AvgIpc) is 3.20. The number of rotatable bonds is 8. The molecular formula is C27H30FN3O3. The summed E-state index contributed by atoms with van der Waals surface area (Å²) in [6.07, 6.45) is 3.35. The van der Waals surface area contributed by atoms with Crippen LogP contribution in [0.5, 0.6) is 0 Å². The zero-order chi connectivity index (χ0) is 24.1. The van der Waals surface area contributed by atoms with E-state index < -0.39 is 17.5 Å². The molecule has 34 heavy (non-hydrogen) atoms. The number of piperidine rings is 1. The molecular weight excluding hydrogens is 433 g/mol. The minimum absolute atomic E-state index is 0.00732. The highest BCUT2D eigenvalue weighted by atomic mass is 19.1. The maximum atomic E-state index is 14.9. The fourth-order valence-electron chi connectivity index (χ4n) is 4.47. The van der Waals surface area contributed by atoms with Gasteiger partial charge in [-0.2, -0.15) is 0 Å². The van der Waals surface area contributed by atoms with E-state index in [4.69, 9.17) is 4.74 Å². The molecule has 1 aliphatic heterocycles. The van der Waals surface area contributed by atoms with Gasteiger partial charge in [0.25, 0.3) is 11.7 Å². The Labute approximate surface area is 199 Å². The number of carbonyl (C=O) groups is 2.